The van der Waals surface area contributed by atoms with E-state index >= 15 is 0 Å². The average Bonchev–Trinajstić information content (AvgIpc) is 3.05. The van der Waals surface area contributed by atoms with Crippen LogP contribution in [0.1, 0.15) is 58.8 Å². The molecule has 0 bridgehead atoms. The Bertz CT molecular complexity index is 1690. The van der Waals surface area contributed by atoms with Crippen molar-refractivity contribution >= 4 is 35.8 Å². The van der Waals surface area contributed by atoms with E-state index in [0.717, 1.165) is 27.7 Å². The number of benzene rings is 2. The van der Waals surface area contributed by atoms with E-state index in [1.165, 1.54) is 46.3 Å². The number of esters is 6. The number of carbonyl (C=O) groups excluding carboxylic acids is 6. The van der Waals surface area contributed by atoms with Crippen molar-refractivity contribution < 1.29 is 80.9 Å². The van der Waals surface area contributed by atoms with Crippen molar-refractivity contribution in [2.45, 2.75) is 90.9 Å². The largest absolute Gasteiger partial charge is 0.496 e. The number of ether oxygens (including phenoxy) is 11. The topological polar surface area (TPSA) is 204 Å². The molecule has 0 aromatic heterocycles. The van der Waals surface area contributed by atoms with Gasteiger partial charge >= 0.3 is 35.8 Å². The summed E-state index contributed by atoms with van der Waals surface area (Å²) < 4.78 is 62.2. The first-order valence-electron chi connectivity index (χ1n) is 16.0. The lowest BCUT2D eigenvalue weighted by atomic mass is 9.93. The molecule has 1 saturated heterocycles. The summed E-state index contributed by atoms with van der Waals surface area (Å²) in [5.41, 5.74) is 1.02. The van der Waals surface area contributed by atoms with Crippen LogP contribution >= 0.6 is 0 Å². The maximum Gasteiger partial charge on any atom is 0.308 e. The molecule has 52 heavy (non-hydrogen) atoms. The molecule has 17 heteroatoms. The smallest absolute Gasteiger partial charge is 0.308 e. The van der Waals surface area contributed by atoms with E-state index in [0.29, 0.717) is 11.1 Å². The third-order valence-corrected chi connectivity index (χ3v) is 7.65. The van der Waals surface area contributed by atoms with Gasteiger partial charge in [-0.1, -0.05) is 6.07 Å². The fourth-order valence-electron chi connectivity index (χ4n) is 5.79. The van der Waals surface area contributed by atoms with E-state index in [9.17, 15) is 28.8 Å². The van der Waals surface area contributed by atoms with Crippen molar-refractivity contribution in [2.24, 2.45) is 0 Å². The first-order chi connectivity index (χ1) is 24.6. The SMILES string of the molecule is COc1cc([C@H]2Oc3cc(O[C@@H]4O[C@H](COC(C)=O)[C@@H](OC(C)=O)[C@H](OC(C)=O)[C@H]4OC(C)=O)cc(OC)c3C[C@@H]2OC(C)=O)ccc1OC(C)=O. The lowest BCUT2D eigenvalue weighted by Crippen LogP contribution is -2.63. The monoisotopic (exact) mass is 732 g/mol. The Labute approximate surface area is 298 Å². The predicted octanol–water partition coefficient (Wildman–Crippen LogP) is 2.70. The number of carbonyl (C=O) groups is 6. The quantitative estimate of drug-likeness (QED) is 0.175. The van der Waals surface area contributed by atoms with Crippen molar-refractivity contribution in [1.82, 2.24) is 0 Å². The van der Waals surface area contributed by atoms with Crippen LogP contribution in [0.4, 0.5) is 0 Å². The van der Waals surface area contributed by atoms with E-state index in [-0.39, 0.29) is 35.2 Å². The van der Waals surface area contributed by atoms with Crippen molar-refractivity contribution in [3.05, 3.63) is 41.5 Å². The second-order valence-electron chi connectivity index (χ2n) is 11.7. The van der Waals surface area contributed by atoms with Gasteiger partial charge in [0.25, 0.3) is 0 Å². The fraction of sp³-hybridized carbons (Fsp3) is 0.486. The molecule has 2 heterocycles. The molecule has 4 rings (SSSR count). The Hall–Kier alpha value is -5.58. The Morgan fingerprint density at radius 1 is 0.673 bits per heavy atom. The Morgan fingerprint density at radius 3 is 1.87 bits per heavy atom. The van der Waals surface area contributed by atoms with Gasteiger partial charge in [0.05, 0.1) is 14.2 Å². The summed E-state index contributed by atoms with van der Waals surface area (Å²) in [6, 6.07) is 7.71. The molecule has 2 aromatic carbocycles. The van der Waals surface area contributed by atoms with Gasteiger partial charge in [0.15, 0.2) is 29.8 Å². The van der Waals surface area contributed by atoms with E-state index < -0.39 is 85.3 Å². The minimum absolute atomic E-state index is 0.0592. The third kappa shape index (κ3) is 9.80. The van der Waals surface area contributed by atoms with Gasteiger partial charge in [-0.15, -0.1) is 0 Å². The summed E-state index contributed by atoms with van der Waals surface area (Å²) in [6.45, 7) is 6.54. The second kappa shape index (κ2) is 17.1. The van der Waals surface area contributed by atoms with Crippen molar-refractivity contribution in [3.8, 4) is 28.7 Å². The molecule has 0 saturated carbocycles. The van der Waals surface area contributed by atoms with Crippen LogP contribution < -0.4 is 23.7 Å². The number of hydrogen-bond donors (Lipinski definition) is 0. The predicted molar refractivity (Wildman–Crippen MR) is 173 cm³/mol. The van der Waals surface area contributed by atoms with Gasteiger partial charge in [-0.25, -0.2) is 0 Å². The van der Waals surface area contributed by atoms with Crippen LogP contribution in [0.15, 0.2) is 30.3 Å². The van der Waals surface area contributed by atoms with E-state index in [2.05, 4.69) is 0 Å². The molecule has 1 fully saturated rings. The van der Waals surface area contributed by atoms with E-state index in [1.54, 1.807) is 12.1 Å². The van der Waals surface area contributed by atoms with Crippen LogP contribution in [-0.4, -0.2) is 93.5 Å². The standard InChI is InChI=1S/C35H40O17/c1-16(36)44-15-30-32(47-19(4)39)33(48-20(5)40)34(49-21(6)41)35(52-30)50-23-12-26(42-7)24-14-29(46-18(3)38)31(51-27(24)13-23)22-9-10-25(45-17(2)37)28(11-22)43-8/h9-13,29-35H,14-15H2,1-8H3/t29-,30+,31+,32+,33-,34+,35+/m0/s1. The second-order valence-corrected chi connectivity index (χ2v) is 11.7. The van der Waals surface area contributed by atoms with Gasteiger partial charge in [-0.2, -0.15) is 0 Å². The zero-order valence-electron chi connectivity index (χ0n) is 29.8. The Balaban J connectivity index is 1.76. The van der Waals surface area contributed by atoms with Gasteiger partial charge in [0, 0.05) is 71.2 Å². The molecule has 2 aliphatic rings. The normalized spacial score (nSPS) is 23.3. The van der Waals surface area contributed by atoms with Crippen molar-refractivity contribution in [3.63, 3.8) is 0 Å². The van der Waals surface area contributed by atoms with Crippen molar-refractivity contribution in [1.29, 1.82) is 0 Å². The Kier molecular flexibility index (Phi) is 12.9. The molecular weight excluding hydrogens is 692 g/mol. The van der Waals surface area contributed by atoms with Gasteiger partial charge in [0.1, 0.15) is 36.1 Å². The van der Waals surface area contributed by atoms with Gasteiger partial charge in [0.2, 0.25) is 12.4 Å². The third-order valence-electron chi connectivity index (χ3n) is 7.65. The number of rotatable bonds is 12. The molecule has 7 atom stereocenters. The first-order valence-corrected chi connectivity index (χ1v) is 16.0. The number of hydrogen-bond acceptors (Lipinski definition) is 17. The highest BCUT2D eigenvalue weighted by Crippen LogP contribution is 2.45. The lowest BCUT2D eigenvalue weighted by molar-refractivity contribution is -0.288. The molecule has 17 nitrogen and oxygen atoms in total. The van der Waals surface area contributed by atoms with Crippen LogP contribution in [0.5, 0.6) is 28.7 Å². The fourth-order valence-corrected chi connectivity index (χ4v) is 5.79. The highest BCUT2D eigenvalue weighted by Gasteiger charge is 2.53. The summed E-state index contributed by atoms with van der Waals surface area (Å²) in [5.74, 6) is -3.22. The summed E-state index contributed by atoms with van der Waals surface area (Å²) in [7, 11) is 2.80. The molecule has 0 spiro atoms. The summed E-state index contributed by atoms with van der Waals surface area (Å²) >= 11 is 0. The minimum Gasteiger partial charge on any atom is -0.496 e. The molecule has 0 radical (unpaired) electrons. The highest BCUT2D eigenvalue weighted by molar-refractivity contribution is 5.71. The highest BCUT2D eigenvalue weighted by atomic mass is 16.7. The summed E-state index contributed by atoms with van der Waals surface area (Å²) in [6.07, 6.45) is -8.72. The van der Waals surface area contributed by atoms with Crippen LogP contribution in [-0.2, 0) is 63.6 Å². The van der Waals surface area contributed by atoms with E-state index in [4.69, 9.17) is 52.1 Å². The first kappa shape index (κ1) is 39.2. The van der Waals surface area contributed by atoms with Gasteiger partial charge < -0.3 is 52.1 Å². The van der Waals surface area contributed by atoms with Crippen LogP contribution in [0.3, 0.4) is 0 Å². The molecule has 282 valence electrons. The van der Waals surface area contributed by atoms with E-state index in [1.807, 2.05) is 0 Å². The summed E-state index contributed by atoms with van der Waals surface area (Å²) in [5, 5.41) is 0. The van der Waals surface area contributed by atoms with Gasteiger partial charge in [-0.05, 0) is 12.1 Å². The summed E-state index contributed by atoms with van der Waals surface area (Å²) in [4.78, 5) is 72.1. The lowest BCUT2D eigenvalue weighted by Gasteiger charge is -2.44. The van der Waals surface area contributed by atoms with Gasteiger partial charge in [-0.3, -0.25) is 28.8 Å². The molecule has 2 aromatic rings. The number of fused-ring (bicyclic) bond motifs is 1. The Morgan fingerprint density at radius 2 is 1.29 bits per heavy atom. The molecular formula is C35H40O17. The average molecular weight is 733 g/mol. The van der Waals surface area contributed by atoms with Crippen molar-refractivity contribution in [2.75, 3.05) is 20.8 Å². The zero-order chi connectivity index (χ0) is 38.3. The zero-order valence-corrected chi connectivity index (χ0v) is 29.8. The van der Waals surface area contributed by atoms with Crippen LogP contribution in [0.25, 0.3) is 0 Å². The molecule has 2 aliphatic heterocycles. The molecule has 0 aliphatic carbocycles. The minimum atomic E-state index is -1.53. The molecule has 0 amide bonds. The van der Waals surface area contributed by atoms with Crippen LogP contribution in [0.2, 0.25) is 0 Å². The maximum absolute atomic E-state index is 12.3. The molecule has 0 N–H and O–H groups in total. The molecule has 0 unspecified atom stereocenters. The van der Waals surface area contributed by atoms with Crippen LogP contribution in [0, 0.1) is 0 Å². The number of methoxy groups -OCH3 is 2. The maximum atomic E-state index is 12.3.